The van der Waals surface area contributed by atoms with E-state index in [1.54, 1.807) is 12.1 Å². The molecule has 0 unspecified atom stereocenters. The average molecular weight is 248 g/mol. The molecule has 1 aliphatic rings. The maximum atomic E-state index is 12.1. The van der Waals surface area contributed by atoms with Gasteiger partial charge in [-0.15, -0.1) is 0 Å². The number of nitrogens with one attached hydrogen (secondary N) is 1. The second kappa shape index (κ2) is 5.82. The van der Waals surface area contributed by atoms with Crippen molar-refractivity contribution in [2.45, 2.75) is 32.6 Å². The molecule has 0 radical (unpaired) electrons. The summed E-state index contributed by atoms with van der Waals surface area (Å²) < 4.78 is 0. The van der Waals surface area contributed by atoms with Crippen molar-refractivity contribution in [2.75, 3.05) is 18.8 Å². The first-order valence-electron chi connectivity index (χ1n) is 6.51. The van der Waals surface area contributed by atoms with Crippen molar-refractivity contribution in [3.05, 3.63) is 23.4 Å². The van der Waals surface area contributed by atoms with Gasteiger partial charge in [0.2, 0.25) is 0 Å². The molecule has 0 atom stereocenters. The smallest absolute Gasteiger partial charge is 0.265 e. The van der Waals surface area contributed by atoms with Gasteiger partial charge < -0.3 is 5.73 Å². The number of piperidine rings is 1. The highest BCUT2D eigenvalue weighted by Gasteiger charge is 2.14. The van der Waals surface area contributed by atoms with Crippen molar-refractivity contribution in [1.29, 1.82) is 0 Å². The molecular formula is C13H20N4O. The minimum absolute atomic E-state index is 0.0966. The molecule has 0 spiro atoms. The molecule has 0 aliphatic carbocycles. The molecule has 18 heavy (non-hydrogen) atoms. The van der Waals surface area contributed by atoms with E-state index in [0.717, 1.165) is 38.0 Å². The van der Waals surface area contributed by atoms with Crippen LogP contribution >= 0.6 is 0 Å². The van der Waals surface area contributed by atoms with Crippen LogP contribution in [0.15, 0.2) is 12.1 Å². The number of hydrogen-bond acceptors (Lipinski definition) is 4. The van der Waals surface area contributed by atoms with Crippen molar-refractivity contribution in [1.82, 2.24) is 15.4 Å². The third kappa shape index (κ3) is 3.20. The van der Waals surface area contributed by atoms with Gasteiger partial charge in [-0.25, -0.2) is 9.99 Å². The molecule has 1 fully saturated rings. The fourth-order valence-electron chi connectivity index (χ4n) is 2.14. The summed E-state index contributed by atoms with van der Waals surface area (Å²) in [6.07, 6.45) is 4.29. The van der Waals surface area contributed by atoms with Crippen LogP contribution in [0.4, 0.5) is 5.82 Å². The Balaban J connectivity index is 2.05. The number of aromatic nitrogens is 1. The molecule has 1 aliphatic heterocycles. The van der Waals surface area contributed by atoms with Crippen LogP contribution in [-0.4, -0.2) is 29.0 Å². The van der Waals surface area contributed by atoms with E-state index in [1.165, 1.54) is 6.42 Å². The van der Waals surface area contributed by atoms with Crippen molar-refractivity contribution >= 4 is 11.7 Å². The first-order valence-corrected chi connectivity index (χ1v) is 6.51. The predicted molar refractivity (Wildman–Crippen MR) is 70.9 cm³/mol. The van der Waals surface area contributed by atoms with Gasteiger partial charge in [0.05, 0.1) is 0 Å². The Morgan fingerprint density at radius 2 is 2.11 bits per heavy atom. The molecule has 3 N–H and O–H groups in total. The van der Waals surface area contributed by atoms with Gasteiger partial charge in [0.25, 0.3) is 5.91 Å². The summed E-state index contributed by atoms with van der Waals surface area (Å²) in [5.74, 6) is 0.304. The number of carbonyl (C=O) groups excluding carboxylic acids is 1. The molecule has 1 aromatic rings. The summed E-state index contributed by atoms with van der Waals surface area (Å²) in [6, 6.07) is 3.42. The molecule has 1 aromatic heterocycles. The lowest BCUT2D eigenvalue weighted by molar-refractivity contribution is 0.0750. The van der Waals surface area contributed by atoms with E-state index >= 15 is 0 Å². The SMILES string of the molecule is CCc1cc(C(=O)NN2CCCCC2)cc(N)n1. The zero-order valence-corrected chi connectivity index (χ0v) is 10.8. The number of hydrogen-bond donors (Lipinski definition) is 2. The van der Waals surface area contributed by atoms with Crippen LogP contribution < -0.4 is 11.2 Å². The first-order chi connectivity index (χ1) is 8.69. The second-order valence-electron chi connectivity index (χ2n) is 4.61. The third-order valence-corrected chi connectivity index (χ3v) is 3.14. The van der Waals surface area contributed by atoms with Gasteiger partial charge in [-0.3, -0.25) is 10.2 Å². The van der Waals surface area contributed by atoms with Crippen molar-refractivity contribution in [3.8, 4) is 0 Å². The number of nitrogens with two attached hydrogens (primary N) is 1. The summed E-state index contributed by atoms with van der Waals surface area (Å²) in [7, 11) is 0. The van der Waals surface area contributed by atoms with Gasteiger partial charge in [0, 0.05) is 24.3 Å². The summed E-state index contributed by atoms with van der Waals surface area (Å²) in [5.41, 5.74) is 10.1. The summed E-state index contributed by atoms with van der Waals surface area (Å²) in [6.45, 7) is 3.84. The molecule has 5 heteroatoms. The van der Waals surface area contributed by atoms with Crippen LogP contribution in [-0.2, 0) is 6.42 Å². The zero-order valence-electron chi connectivity index (χ0n) is 10.8. The van der Waals surface area contributed by atoms with E-state index in [0.29, 0.717) is 11.4 Å². The second-order valence-corrected chi connectivity index (χ2v) is 4.61. The zero-order chi connectivity index (χ0) is 13.0. The van der Waals surface area contributed by atoms with Gasteiger partial charge in [-0.05, 0) is 31.4 Å². The molecule has 1 amide bonds. The topological polar surface area (TPSA) is 71.2 Å². The minimum atomic E-state index is -0.0966. The summed E-state index contributed by atoms with van der Waals surface area (Å²) >= 11 is 0. The fraction of sp³-hybridized carbons (Fsp3) is 0.538. The standard InChI is InChI=1S/C13H20N4O/c1-2-11-8-10(9-12(14)15-11)13(18)16-17-6-4-3-5-7-17/h8-9H,2-7H2,1H3,(H2,14,15)(H,16,18). The predicted octanol–water partition coefficient (Wildman–Crippen LogP) is 1.36. The fourth-order valence-corrected chi connectivity index (χ4v) is 2.14. The van der Waals surface area contributed by atoms with E-state index < -0.39 is 0 Å². The van der Waals surface area contributed by atoms with E-state index in [1.807, 2.05) is 11.9 Å². The lowest BCUT2D eigenvalue weighted by Gasteiger charge is -2.26. The van der Waals surface area contributed by atoms with Gasteiger partial charge in [-0.2, -0.15) is 0 Å². The van der Waals surface area contributed by atoms with Crippen LogP contribution in [0.25, 0.3) is 0 Å². The Bertz CT molecular complexity index is 427. The Kier molecular flexibility index (Phi) is 4.15. The highest BCUT2D eigenvalue weighted by molar-refractivity contribution is 5.94. The molecule has 0 saturated carbocycles. The van der Waals surface area contributed by atoms with E-state index in [9.17, 15) is 4.79 Å². The first kappa shape index (κ1) is 12.8. The number of nitrogen functional groups attached to an aromatic ring is 1. The van der Waals surface area contributed by atoms with Gasteiger partial charge in [0.15, 0.2) is 0 Å². The van der Waals surface area contributed by atoms with E-state index in [2.05, 4.69) is 10.4 Å². The summed E-state index contributed by atoms with van der Waals surface area (Å²) in [4.78, 5) is 16.3. The van der Waals surface area contributed by atoms with Crippen LogP contribution in [0.1, 0.15) is 42.2 Å². The number of rotatable bonds is 3. The Hall–Kier alpha value is -1.62. The molecule has 98 valence electrons. The Labute approximate surface area is 107 Å². The molecule has 1 saturated heterocycles. The van der Waals surface area contributed by atoms with Crippen LogP contribution in [0.2, 0.25) is 0 Å². The number of nitrogens with zero attached hydrogens (tertiary/aromatic N) is 2. The average Bonchev–Trinajstić information content (AvgIpc) is 2.39. The monoisotopic (exact) mass is 248 g/mol. The lowest BCUT2D eigenvalue weighted by Crippen LogP contribution is -2.45. The maximum absolute atomic E-state index is 12.1. The molecule has 2 rings (SSSR count). The van der Waals surface area contributed by atoms with Gasteiger partial charge in [-0.1, -0.05) is 13.3 Å². The molecule has 0 aromatic carbocycles. The van der Waals surface area contributed by atoms with Crippen LogP contribution in [0.5, 0.6) is 0 Å². The van der Waals surface area contributed by atoms with Crippen molar-refractivity contribution < 1.29 is 4.79 Å². The number of pyridine rings is 1. The van der Waals surface area contributed by atoms with Gasteiger partial charge in [0.1, 0.15) is 5.82 Å². The highest BCUT2D eigenvalue weighted by Crippen LogP contribution is 2.10. The third-order valence-electron chi connectivity index (χ3n) is 3.14. The maximum Gasteiger partial charge on any atom is 0.265 e. The van der Waals surface area contributed by atoms with Crippen LogP contribution in [0, 0.1) is 0 Å². The van der Waals surface area contributed by atoms with Gasteiger partial charge >= 0.3 is 0 Å². The molecular weight excluding hydrogens is 228 g/mol. The van der Waals surface area contributed by atoms with Crippen LogP contribution in [0.3, 0.4) is 0 Å². The number of carbonyl (C=O) groups is 1. The molecule has 0 bridgehead atoms. The largest absolute Gasteiger partial charge is 0.384 e. The number of hydrazine groups is 1. The number of amides is 1. The van der Waals surface area contributed by atoms with Crippen molar-refractivity contribution in [3.63, 3.8) is 0 Å². The lowest BCUT2D eigenvalue weighted by atomic mass is 10.1. The van der Waals surface area contributed by atoms with Crippen molar-refractivity contribution in [2.24, 2.45) is 0 Å². The normalized spacial score (nSPS) is 16.5. The Morgan fingerprint density at radius 1 is 1.39 bits per heavy atom. The quantitative estimate of drug-likeness (QED) is 0.847. The molecule has 5 nitrogen and oxygen atoms in total. The summed E-state index contributed by atoms with van der Waals surface area (Å²) in [5, 5.41) is 1.98. The minimum Gasteiger partial charge on any atom is -0.384 e. The number of aryl methyl sites for hydroxylation is 1. The number of anilines is 1. The van der Waals surface area contributed by atoms with E-state index in [4.69, 9.17) is 5.73 Å². The molecule has 2 heterocycles. The van der Waals surface area contributed by atoms with E-state index in [-0.39, 0.29) is 5.91 Å². The Morgan fingerprint density at radius 3 is 2.78 bits per heavy atom. The highest BCUT2D eigenvalue weighted by atomic mass is 16.2.